The van der Waals surface area contributed by atoms with Crippen molar-refractivity contribution in [3.63, 3.8) is 0 Å². The molecule has 1 unspecified atom stereocenters. The normalized spacial score (nSPS) is 22.7. The van der Waals surface area contributed by atoms with E-state index in [1.54, 1.807) is 14.5 Å². The Balaban J connectivity index is 1.23. The van der Waals surface area contributed by atoms with Crippen molar-refractivity contribution in [3.8, 4) is 5.75 Å². The molecule has 1 fully saturated rings. The van der Waals surface area contributed by atoms with E-state index in [4.69, 9.17) is 14.2 Å². The van der Waals surface area contributed by atoms with Crippen LogP contribution in [0.4, 0.5) is 17.1 Å². The van der Waals surface area contributed by atoms with Crippen molar-refractivity contribution in [3.05, 3.63) is 95.8 Å². The summed E-state index contributed by atoms with van der Waals surface area (Å²) in [7, 11) is -1.62. The molecule has 0 saturated carbocycles. The third-order valence-electron chi connectivity index (χ3n) is 11.1. The second kappa shape index (κ2) is 15.1. The topological polar surface area (TPSA) is 157 Å². The number of rotatable bonds is 13. The van der Waals surface area contributed by atoms with E-state index < -0.39 is 25.9 Å². The smallest absolute Gasteiger partial charge is 0.305 e. The lowest BCUT2D eigenvalue weighted by Gasteiger charge is -2.33. The second-order valence-electron chi connectivity index (χ2n) is 14.9. The average molecular weight is 754 g/mol. The fraction of sp³-hybridized carbons (Fsp3) is 0.425. The van der Waals surface area contributed by atoms with Gasteiger partial charge in [-0.2, -0.15) is 0 Å². The van der Waals surface area contributed by atoms with Crippen molar-refractivity contribution in [2.24, 2.45) is 5.92 Å². The van der Waals surface area contributed by atoms with Gasteiger partial charge in [-0.15, -0.1) is 5.10 Å². The summed E-state index contributed by atoms with van der Waals surface area (Å²) in [5.41, 5.74) is 2.32. The third-order valence-corrected chi connectivity index (χ3v) is 13.6. The van der Waals surface area contributed by atoms with Crippen LogP contribution in [0.2, 0.25) is 18.6 Å². The zero-order valence-electron chi connectivity index (χ0n) is 31.1. The molecule has 3 aromatic carbocycles. The van der Waals surface area contributed by atoms with Crippen molar-refractivity contribution in [1.82, 2.24) is 15.0 Å². The summed E-state index contributed by atoms with van der Waals surface area (Å²) in [6.07, 6.45) is 3.10. The summed E-state index contributed by atoms with van der Waals surface area (Å²) in [6, 6.07) is 22.6. The van der Waals surface area contributed by atoms with Crippen LogP contribution >= 0.6 is 0 Å². The Hall–Kier alpha value is -4.89. The van der Waals surface area contributed by atoms with Crippen molar-refractivity contribution >= 4 is 43.2 Å². The van der Waals surface area contributed by atoms with E-state index in [9.17, 15) is 24.3 Å². The van der Waals surface area contributed by atoms with Gasteiger partial charge in [0.2, 0.25) is 0 Å². The SMILES string of the molecule is COC(=O)CCCCN1C(=O)[C@@]2(O[C@@H](CCn3cc(C(CO)c4ccccc4)nn3)[C@H]([Si](C)(C)O)[C@H]2C)c2cc(N3C(=O)COc4ccccc43)ccc21. The molecule has 1 saturated heterocycles. The summed E-state index contributed by atoms with van der Waals surface area (Å²) in [5, 5.41) is 19.0. The van der Waals surface area contributed by atoms with E-state index in [0.29, 0.717) is 66.4 Å². The molecule has 0 radical (unpaired) electrons. The molecule has 2 N–H and O–H groups in total. The number of esters is 1. The van der Waals surface area contributed by atoms with E-state index in [0.717, 1.165) is 5.56 Å². The summed E-state index contributed by atoms with van der Waals surface area (Å²) >= 11 is 0. The lowest BCUT2D eigenvalue weighted by molar-refractivity contribution is -0.146. The minimum atomic E-state index is -2.98. The molecule has 3 aliphatic rings. The monoisotopic (exact) mass is 753 g/mol. The van der Waals surface area contributed by atoms with Gasteiger partial charge in [-0.25, -0.2) is 0 Å². The number of benzene rings is 3. The Bertz CT molecular complexity index is 2020. The Kier molecular flexibility index (Phi) is 10.5. The number of hydrogen-bond donors (Lipinski definition) is 2. The summed E-state index contributed by atoms with van der Waals surface area (Å²) in [4.78, 5) is 55.4. The van der Waals surface area contributed by atoms with Gasteiger partial charge in [0.25, 0.3) is 11.8 Å². The highest BCUT2D eigenvalue weighted by molar-refractivity contribution is 6.71. The first-order chi connectivity index (χ1) is 26.0. The fourth-order valence-corrected chi connectivity index (χ4v) is 11.2. The number of hydrogen-bond acceptors (Lipinski definition) is 10. The number of amides is 2. The Morgan fingerprint density at radius 2 is 1.80 bits per heavy atom. The molecular formula is C40H47N5O8Si. The first kappa shape index (κ1) is 37.4. The minimum Gasteiger partial charge on any atom is -0.482 e. The number of fused-ring (bicyclic) bond motifs is 3. The number of para-hydroxylation sites is 2. The Morgan fingerprint density at radius 1 is 1.04 bits per heavy atom. The number of carbonyl (C=O) groups excluding carboxylic acids is 3. The van der Waals surface area contributed by atoms with Gasteiger partial charge >= 0.3 is 5.97 Å². The predicted molar refractivity (Wildman–Crippen MR) is 203 cm³/mol. The Morgan fingerprint density at radius 3 is 2.54 bits per heavy atom. The van der Waals surface area contributed by atoms with Crippen LogP contribution in [0.5, 0.6) is 5.75 Å². The molecule has 1 spiro atoms. The van der Waals surface area contributed by atoms with Gasteiger partial charge in [0, 0.05) is 48.4 Å². The van der Waals surface area contributed by atoms with Gasteiger partial charge in [-0.3, -0.25) is 24.0 Å². The predicted octanol–water partition coefficient (Wildman–Crippen LogP) is 5.04. The standard InChI is InChI=1S/C40H47N5O8Si/c1-26-38(54(3,4)50)35(19-21-43-23-31(41-42-43)29(24-46)27-12-6-5-7-13-27)53-40(26)30-22-28(45-33-14-8-9-15-34(33)52-25-36(45)47)17-18-32(30)44(39(40)49)20-11-10-16-37(48)51-2/h5-9,12-15,17-18,22-23,26,29,35,38,46,50H,10-11,16,19-21,24-25H2,1-4H3/t26-,29?,35+,38-,40+/m1/s1. The molecule has 5 atom stereocenters. The molecular weight excluding hydrogens is 707 g/mol. The number of methoxy groups -OCH3 is 1. The summed E-state index contributed by atoms with van der Waals surface area (Å²) in [6.45, 7) is 6.27. The number of anilines is 3. The van der Waals surface area contributed by atoms with Crippen molar-refractivity contribution < 1.29 is 38.5 Å². The quantitative estimate of drug-likeness (QED) is 0.108. The maximum absolute atomic E-state index is 15.0. The molecule has 4 heterocycles. The lowest BCUT2D eigenvalue weighted by atomic mass is 9.82. The number of ether oxygens (including phenoxy) is 3. The first-order valence-corrected chi connectivity index (χ1v) is 21.5. The van der Waals surface area contributed by atoms with Crippen LogP contribution < -0.4 is 14.5 Å². The van der Waals surface area contributed by atoms with Crippen molar-refractivity contribution in [2.45, 2.75) is 75.4 Å². The van der Waals surface area contributed by atoms with Gasteiger partial charge < -0.3 is 29.0 Å². The van der Waals surface area contributed by atoms with Crippen LogP contribution in [0.25, 0.3) is 0 Å². The number of aryl methyl sites for hydroxylation is 1. The highest BCUT2D eigenvalue weighted by Gasteiger charge is 2.66. The van der Waals surface area contributed by atoms with E-state index in [1.807, 2.05) is 99.0 Å². The molecule has 54 heavy (non-hydrogen) atoms. The number of carbonyl (C=O) groups is 3. The molecule has 7 rings (SSSR count). The molecule has 284 valence electrons. The average Bonchev–Trinajstić information content (AvgIpc) is 3.82. The second-order valence-corrected chi connectivity index (χ2v) is 18.9. The first-order valence-electron chi connectivity index (χ1n) is 18.5. The van der Waals surface area contributed by atoms with Gasteiger partial charge in [0.1, 0.15) is 5.75 Å². The highest BCUT2D eigenvalue weighted by atomic mass is 28.4. The van der Waals surface area contributed by atoms with Crippen LogP contribution in [-0.2, 0) is 36.0 Å². The largest absolute Gasteiger partial charge is 0.482 e. The van der Waals surface area contributed by atoms with Crippen LogP contribution in [0.1, 0.15) is 55.3 Å². The van der Waals surface area contributed by atoms with Gasteiger partial charge in [0.05, 0.1) is 42.8 Å². The molecule has 14 heteroatoms. The fourth-order valence-electron chi connectivity index (χ4n) is 8.62. The highest BCUT2D eigenvalue weighted by Crippen LogP contribution is 2.60. The zero-order chi connectivity index (χ0) is 38.2. The summed E-state index contributed by atoms with van der Waals surface area (Å²) < 4.78 is 19.3. The number of nitrogens with zero attached hydrogens (tertiary/aromatic N) is 5. The minimum absolute atomic E-state index is 0.120. The van der Waals surface area contributed by atoms with Crippen LogP contribution in [0, 0.1) is 5.92 Å². The number of unbranched alkanes of at least 4 members (excludes halogenated alkanes) is 1. The van der Waals surface area contributed by atoms with Crippen LogP contribution in [-0.4, -0.2) is 84.0 Å². The maximum atomic E-state index is 15.0. The molecule has 3 aliphatic heterocycles. The van der Waals surface area contributed by atoms with Crippen molar-refractivity contribution in [2.75, 3.05) is 36.7 Å². The van der Waals surface area contributed by atoms with Crippen LogP contribution in [0.3, 0.4) is 0 Å². The number of aliphatic hydroxyl groups is 1. The molecule has 1 aromatic heterocycles. The van der Waals surface area contributed by atoms with E-state index in [-0.39, 0.29) is 48.9 Å². The molecule has 4 aromatic rings. The molecule has 0 bridgehead atoms. The number of aromatic nitrogens is 3. The van der Waals surface area contributed by atoms with Gasteiger partial charge in [0.15, 0.2) is 20.5 Å². The maximum Gasteiger partial charge on any atom is 0.305 e. The van der Waals surface area contributed by atoms with E-state index in [2.05, 4.69) is 10.3 Å². The lowest BCUT2D eigenvalue weighted by Crippen LogP contribution is -2.46. The van der Waals surface area contributed by atoms with E-state index >= 15 is 0 Å². The van der Waals surface area contributed by atoms with Crippen molar-refractivity contribution in [1.29, 1.82) is 0 Å². The number of aliphatic hydroxyl groups excluding tert-OH is 1. The van der Waals surface area contributed by atoms with E-state index in [1.165, 1.54) is 7.11 Å². The molecule has 2 amide bonds. The van der Waals surface area contributed by atoms with Gasteiger partial charge in [-0.1, -0.05) is 54.6 Å². The van der Waals surface area contributed by atoms with Crippen LogP contribution in [0.15, 0.2) is 79.0 Å². The van der Waals surface area contributed by atoms with Gasteiger partial charge in [-0.05, 0) is 68.3 Å². The molecule has 13 nitrogen and oxygen atoms in total. The Labute approximate surface area is 315 Å². The summed E-state index contributed by atoms with van der Waals surface area (Å²) in [5.74, 6) is -0.940. The zero-order valence-corrected chi connectivity index (χ0v) is 32.1. The third kappa shape index (κ3) is 6.72. The molecule has 0 aliphatic carbocycles.